The van der Waals surface area contributed by atoms with Crippen molar-refractivity contribution in [3.63, 3.8) is 0 Å². The lowest BCUT2D eigenvalue weighted by Gasteiger charge is -2.14. The second-order valence-corrected chi connectivity index (χ2v) is 6.61. The number of carbonyl (C=O) groups is 1. The van der Waals surface area contributed by atoms with Gasteiger partial charge >= 0.3 is 0 Å². The Kier molecular flexibility index (Phi) is 6.65. The second kappa shape index (κ2) is 8.72. The summed E-state index contributed by atoms with van der Waals surface area (Å²) in [5, 5.41) is 16.3. The van der Waals surface area contributed by atoms with Crippen molar-refractivity contribution in [2.75, 3.05) is 13.1 Å². The van der Waals surface area contributed by atoms with E-state index in [1.807, 2.05) is 6.92 Å². The fourth-order valence-electron chi connectivity index (χ4n) is 1.90. The molecule has 130 valence electrons. The van der Waals surface area contributed by atoms with Crippen molar-refractivity contribution in [2.45, 2.75) is 19.6 Å². The first-order valence-corrected chi connectivity index (χ1v) is 8.53. The van der Waals surface area contributed by atoms with Gasteiger partial charge < -0.3 is 25.9 Å². The number of amides is 1. The van der Waals surface area contributed by atoms with E-state index >= 15 is 0 Å². The van der Waals surface area contributed by atoms with Gasteiger partial charge in [-0.2, -0.15) is 0 Å². The number of aliphatic hydroxyl groups is 1. The first-order valence-electron chi connectivity index (χ1n) is 7.33. The van der Waals surface area contributed by atoms with Crippen LogP contribution in [-0.2, 0) is 6.54 Å². The van der Waals surface area contributed by atoms with Crippen LogP contribution < -0.4 is 16.4 Å². The highest BCUT2D eigenvalue weighted by molar-refractivity contribution is 7.16. The van der Waals surface area contributed by atoms with Gasteiger partial charge in [-0.05, 0) is 31.2 Å². The molecule has 0 fully saturated rings. The van der Waals surface area contributed by atoms with E-state index in [1.54, 1.807) is 18.2 Å². The first kappa shape index (κ1) is 18.3. The van der Waals surface area contributed by atoms with Crippen molar-refractivity contribution in [2.24, 2.45) is 10.7 Å². The average Bonchev–Trinajstić information content (AvgIpc) is 3.18. The number of guanidine groups is 1. The largest absolute Gasteiger partial charge is 0.454 e. The summed E-state index contributed by atoms with van der Waals surface area (Å²) in [6.45, 7) is 3.12. The van der Waals surface area contributed by atoms with Crippen LogP contribution in [0.25, 0.3) is 0 Å². The summed E-state index contributed by atoms with van der Waals surface area (Å²) in [7, 11) is 0. The van der Waals surface area contributed by atoms with Gasteiger partial charge in [0, 0.05) is 18.0 Å². The van der Waals surface area contributed by atoms with E-state index in [1.165, 1.54) is 17.4 Å². The van der Waals surface area contributed by atoms with Crippen LogP contribution >= 0.6 is 22.9 Å². The van der Waals surface area contributed by atoms with Crippen molar-refractivity contribution in [3.8, 4) is 0 Å². The Labute approximate surface area is 148 Å². The number of halogens is 1. The molecule has 5 N–H and O–H groups in total. The van der Waals surface area contributed by atoms with Crippen LogP contribution in [0.1, 0.15) is 34.2 Å². The van der Waals surface area contributed by atoms with E-state index in [-0.39, 0.29) is 18.8 Å². The number of furan rings is 1. The molecular weight excluding hydrogens is 352 g/mol. The number of nitrogens with one attached hydrogen (secondary N) is 2. The van der Waals surface area contributed by atoms with E-state index < -0.39 is 12.0 Å². The number of hydrogen-bond donors (Lipinski definition) is 4. The molecule has 0 aliphatic heterocycles. The number of nitrogens with two attached hydrogens (primary N) is 1. The van der Waals surface area contributed by atoms with Crippen LogP contribution in [0.4, 0.5) is 0 Å². The first-order chi connectivity index (χ1) is 11.5. The van der Waals surface area contributed by atoms with E-state index in [0.29, 0.717) is 22.6 Å². The number of thiophene rings is 1. The summed E-state index contributed by atoms with van der Waals surface area (Å²) >= 11 is 7.20. The van der Waals surface area contributed by atoms with Gasteiger partial charge in [0.2, 0.25) is 0 Å². The lowest BCUT2D eigenvalue weighted by molar-refractivity contribution is 0.0972. The van der Waals surface area contributed by atoms with Gasteiger partial charge in [0.1, 0.15) is 18.4 Å². The summed E-state index contributed by atoms with van der Waals surface area (Å²) in [6.07, 6.45) is -0.684. The maximum Gasteiger partial charge on any atom is 0.284 e. The molecule has 7 nitrogen and oxygen atoms in total. The smallest absolute Gasteiger partial charge is 0.284 e. The zero-order valence-electron chi connectivity index (χ0n) is 13.1. The predicted molar refractivity (Wildman–Crippen MR) is 94.3 cm³/mol. The van der Waals surface area contributed by atoms with Crippen molar-refractivity contribution in [3.05, 3.63) is 45.0 Å². The molecule has 0 aromatic carbocycles. The molecule has 0 saturated heterocycles. The van der Waals surface area contributed by atoms with E-state index in [0.717, 1.165) is 4.88 Å². The van der Waals surface area contributed by atoms with Gasteiger partial charge in [-0.3, -0.25) is 4.79 Å². The highest BCUT2D eigenvalue weighted by Gasteiger charge is 2.11. The molecule has 1 atom stereocenters. The Balaban J connectivity index is 1.93. The molecule has 0 saturated carbocycles. The predicted octanol–water partition coefficient (Wildman–Crippen LogP) is 1.88. The Bertz CT molecular complexity index is 713. The summed E-state index contributed by atoms with van der Waals surface area (Å²) in [6, 6.07) is 6.70. The second-order valence-electron chi connectivity index (χ2n) is 4.86. The fourth-order valence-corrected chi connectivity index (χ4v) is 2.94. The fraction of sp³-hybridized carbons (Fsp3) is 0.333. The molecule has 9 heteroatoms. The zero-order chi connectivity index (χ0) is 17.5. The van der Waals surface area contributed by atoms with Crippen LogP contribution in [0.5, 0.6) is 0 Å². The van der Waals surface area contributed by atoms with Crippen LogP contribution in [-0.4, -0.2) is 30.1 Å². The third kappa shape index (κ3) is 5.26. The van der Waals surface area contributed by atoms with Gasteiger partial charge in [-0.1, -0.05) is 11.6 Å². The molecule has 2 aromatic heterocycles. The van der Waals surface area contributed by atoms with Gasteiger partial charge in [0.15, 0.2) is 11.7 Å². The minimum absolute atomic E-state index is 0.100. The maximum absolute atomic E-state index is 11.0. The van der Waals surface area contributed by atoms with E-state index in [2.05, 4.69) is 15.6 Å². The van der Waals surface area contributed by atoms with Crippen LogP contribution in [0.3, 0.4) is 0 Å². The Hall–Kier alpha value is -2.03. The summed E-state index contributed by atoms with van der Waals surface area (Å²) in [5.41, 5.74) is 5.14. The number of carbonyl (C=O) groups excluding carboxylic acids is 1. The quantitative estimate of drug-likeness (QED) is 0.439. The number of primary amides is 1. The normalized spacial score (nSPS) is 12.9. The van der Waals surface area contributed by atoms with Crippen molar-refractivity contribution >= 4 is 34.8 Å². The van der Waals surface area contributed by atoms with E-state index in [4.69, 9.17) is 21.8 Å². The third-order valence-electron chi connectivity index (χ3n) is 3.03. The van der Waals surface area contributed by atoms with Crippen LogP contribution in [0.15, 0.2) is 33.7 Å². The number of nitrogens with zero attached hydrogens (tertiary/aromatic N) is 1. The van der Waals surface area contributed by atoms with Gasteiger partial charge in [-0.25, -0.2) is 4.99 Å². The SMILES string of the molecule is CCNC(=NCc1ccc(C(N)=O)o1)NCC(O)c1ccc(Cl)s1. The van der Waals surface area contributed by atoms with Crippen LogP contribution in [0.2, 0.25) is 4.34 Å². The number of hydrogen-bond acceptors (Lipinski definition) is 5. The number of rotatable bonds is 7. The molecule has 1 amide bonds. The molecule has 0 aliphatic rings. The molecule has 2 aromatic rings. The molecular formula is C15H19ClN4O3S. The summed E-state index contributed by atoms with van der Waals surface area (Å²) < 4.78 is 5.90. The lowest BCUT2D eigenvalue weighted by atomic mass is 10.3. The summed E-state index contributed by atoms with van der Waals surface area (Å²) in [4.78, 5) is 16.1. The maximum atomic E-state index is 11.0. The topological polar surface area (TPSA) is 113 Å². The molecule has 0 spiro atoms. The molecule has 0 radical (unpaired) electrons. The van der Waals surface area contributed by atoms with Gasteiger partial charge in [-0.15, -0.1) is 11.3 Å². The number of aliphatic imine (C=N–C) groups is 1. The zero-order valence-corrected chi connectivity index (χ0v) is 14.7. The molecule has 2 rings (SSSR count). The van der Waals surface area contributed by atoms with Gasteiger partial charge in [0.25, 0.3) is 5.91 Å². The molecule has 0 bridgehead atoms. The summed E-state index contributed by atoms with van der Waals surface area (Å²) in [5.74, 6) is 0.527. The van der Waals surface area contributed by atoms with Crippen molar-refractivity contribution in [1.82, 2.24) is 10.6 Å². The van der Waals surface area contributed by atoms with Gasteiger partial charge in [0.05, 0.1) is 4.34 Å². The molecule has 0 aliphatic carbocycles. The Morgan fingerprint density at radius 3 is 2.79 bits per heavy atom. The van der Waals surface area contributed by atoms with Crippen molar-refractivity contribution < 1.29 is 14.3 Å². The van der Waals surface area contributed by atoms with Crippen molar-refractivity contribution in [1.29, 1.82) is 0 Å². The molecule has 2 heterocycles. The minimum atomic E-state index is -0.684. The third-order valence-corrected chi connectivity index (χ3v) is 4.36. The average molecular weight is 371 g/mol. The lowest BCUT2D eigenvalue weighted by Crippen LogP contribution is -2.39. The highest BCUT2D eigenvalue weighted by atomic mass is 35.5. The molecule has 24 heavy (non-hydrogen) atoms. The Morgan fingerprint density at radius 1 is 1.42 bits per heavy atom. The van der Waals surface area contributed by atoms with E-state index in [9.17, 15) is 9.90 Å². The Morgan fingerprint density at radius 2 is 2.21 bits per heavy atom. The highest BCUT2D eigenvalue weighted by Crippen LogP contribution is 2.26. The standard InChI is InChI=1S/C15H19ClN4O3S/c1-2-18-15(19-7-9-3-4-11(23-9)14(17)22)20-8-10(21)12-5-6-13(16)24-12/h3-6,10,21H,2,7-8H2,1H3,(H2,17,22)(H2,18,19,20). The monoisotopic (exact) mass is 370 g/mol. The van der Waals surface area contributed by atoms with Crippen LogP contribution in [0, 0.1) is 0 Å². The molecule has 1 unspecified atom stereocenters. The minimum Gasteiger partial charge on any atom is -0.454 e. The number of aliphatic hydroxyl groups excluding tert-OH is 1.